The topological polar surface area (TPSA) is 127 Å². The number of nitrogens with one attached hydrogen (secondary N) is 1. The minimum atomic E-state index is -3.15. The third-order valence-electron chi connectivity index (χ3n) is 5.60. The van der Waals surface area contributed by atoms with Gasteiger partial charge in [-0.2, -0.15) is 13.8 Å². The van der Waals surface area contributed by atoms with E-state index in [4.69, 9.17) is 4.74 Å². The predicted molar refractivity (Wildman–Crippen MR) is 134 cm³/mol. The van der Waals surface area contributed by atoms with E-state index in [-0.39, 0.29) is 35.3 Å². The van der Waals surface area contributed by atoms with Gasteiger partial charge in [-0.3, -0.25) is 10.1 Å². The number of hydrogen-bond donors (Lipinski definition) is 1. The lowest BCUT2D eigenvalue weighted by molar-refractivity contribution is -0.383. The molecule has 3 aromatic heterocycles. The number of likely N-dealkylation sites (N-methyl/N-ethyl adjacent to an activating group) is 1. The summed E-state index contributed by atoms with van der Waals surface area (Å²) >= 11 is 0. The molecule has 0 saturated heterocycles. The molecule has 0 atom stereocenters. The molecule has 0 unspecified atom stereocenters. The number of fused-ring (bicyclic) bond motifs is 1. The van der Waals surface area contributed by atoms with Crippen LogP contribution in [0.1, 0.15) is 0 Å². The molecule has 1 N–H and O–H groups in total. The molecule has 1 aromatic carbocycles. The highest BCUT2D eigenvalue weighted by Gasteiger charge is 2.26. The first kappa shape index (κ1) is 25.6. The largest absolute Gasteiger partial charge is 0.433 e. The molecular weight excluding hydrogens is 488 g/mol. The van der Waals surface area contributed by atoms with Gasteiger partial charge in [-0.25, -0.2) is 15.0 Å². The number of nitro groups is 1. The number of aromatic nitrogens is 5. The minimum Gasteiger partial charge on any atom is -0.433 e. The highest BCUT2D eigenvalue weighted by Crippen LogP contribution is 2.41. The lowest BCUT2D eigenvalue weighted by Gasteiger charge is -2.26. The van der Waals surface area contributed by atoms with Gasteiger partial charge in [0.2, 0.25) is 5.95 Å². The van der Waals surface area contributed by atoms with Gasteiger partial charge in [0.15, 0.2) is 11.6 Å². The molecule has 0 saturated carbocycles. The number of pyridine rings is 1. The fraction of sp³-hybridized carbons (Fsp3) is 0.304. The van der Waals surface area contributed by atoms with E-state index < -0.39 is 11.5 Å². The van der Waals surface area contributed by atoms with E-state index in [9.17, 15) is 18.9 Å². The molecule has 0 aliphatic rings. The van der Waals surface area contributed by atoms with Crippen LogP contribution in [0.5, 0.6) is 5.75 Å². The number of nitrogens with zero attached hydrogens (tertiary/aromatic N) is 8. The van der Waals surface area contributed by atoms with Crippen molar-refractivity contribution in [3.8, 4) is 17.1 Å². The van der Waals surface area contributed by atoms with Gasteiger partial charge >= 0.3 is 6.61 Å². The highest BCUT2D eigenvalue weighted by molar-refractivity contribution is 5.92. The third kappa shape index (κ3) is 5.38. The van der Waals surface area contributed by atoms with Gasteiger partial charge in [0.1, 0.15) is 17.7 Å². The summed E-state index contributed by atoms with van der Waals surface area (Å²) in [5, 5.41) is 15.2. The summed E-state index contributed by atoms with van der Waals surface area (Å²) < 4.78 is 33.3. The summed E-state index contributed by atoms with van der Waals surface area (Å²) in [6.07, 6.45) is 4.82. The lowest BCUT2D eigenvalue weighted by atomic mass is 10.2. The van der Waals surface area contributed by atoms with Crippen molar-refractivity contribution in [2.75, 3.05) is 44.4 Å². The third-order valence-corrected chi connectivity index (χ3v) is 5.60. The minimum absolute atomic E-state index is 0.0181. The van der Waals surface area contributed by atoms with E-state index in [0.717, 1.165) is 11.0 Å². The Morgan fingerprint density at radius 3 is 2.68 bits per heavy atom. The Hall–Kier alpha value is -4.46. The molecule has 37 heavy (non-hydrogen) atoms. The predicted octanol–water partition coefficient (Wildman–Crippen LogP) is 3.68. The normalized spacial score (nSPS) is 11.4. The van der Waals surface area contributed by atoms with Gasteiger partial charge < -0.3 is 24.4 Å². The molecule has 0 bridgehead atoms. The number of rotatable bonds is 10. The SMILES string of the molecule is CNc1cc(OC(F)F)c(N(CCN(C)C)c2ncnc(-c3cn(C)c4ncccc34)n2)cc1[N+](=O)[O-]. The molecule has 0 aliphatic carbocycles. The molecule has 0 amide bonds. The van der Waals surface area contributed by atoms with Crippen molar-refractivity contribution in [1.29, 1.82) is 0 Å². The van der Waals surface area contributed by atoms with Gasteiger partial charge in [-0.05, 0) is 26.2 Å². The van der Waals surface area contributed by atoms with Crippen LogP contribution in [0.25, 0.3) is 22.4 Å². The van der Waals surface area contributed by atoms with Crippen LogP contribution in [0.3, 0.4) is 0 Å². The van der Waals surface area contributed by atoms with Gasteiger partial charge in [0.25, 0.3) is 5.69 Å². The van der Waals surface area contributed by atoms with Crippen LogP contribution >= 0.6 is 0 Å². The second kappa shape index (κ2) is 10.7. The van der Waals surface area contributed by atoms with Gasteiger partial charge in [-0.15, -0.1) is 0 Å². The zero-order valence-electron chi connectivity index (χ0n) is 20.6. The maximum atomic E-state index is 13.4. The van der Waals surface area contributed by atoms with Crippen molar-refractivity contribution < 1.29 is 18.4 Å². The van der Waals surface area contributed by atoms with Crippen LogP contribution in [0, 0.1) is 10.1 Å². The quantitative estimate of drug-likeness (QED) is 0.248. The number of halogens is 2. The Bertz CT molecular complexity index is 1430. The van der Waals surface area contributed by atoms with Gasteiger partial charge in [0, 0.05) is 62.7 Å². The van der Waals surface area contributed by atoms with Crippen LogP contribution < -0.4 is 15.0 Å². The van der Waals surface area contributed by atoms with Crippen molar-refractivity contribution in [1.82, 2.24) is 29.4 Å². The second-order valence-electron chi connectivity index (χ2n) is 8.31. The van der Waals surface area contributed by atoms with Crippen molar-refractivity contribution in [3.63, 3.8) is 0 Å². The molecule has 0 fully saturated rings. The smallest absolute Gasteiger partial charge is 0.387 e. The Kier molecular flexibility index (Phi) is 7.38. The van der Waals surface area contributed by atoms with E-state index >= 15 is 0 Å². The summed E-state index contributed by atoms with van der Waals surface area (Å²) in [7, 11) is 6.97. The monoisotopic (exact) mass is 513 g/mol. The van der Waals surface area contributed by atoms with Crippen molar-refractivity contribution in [3.05, 3.63) is 53.1 Å². The highest BCUT2D eigenvalue weighted by atomic mass is 19.3. The maximum absolute atomic E-state index is 13.4. The molecule has 0 spiro atoms. The zero-order valence-corrected chi connectivity index (χ0v) is 20.6. The Morgan fingerprint density at radius 2 is 2.00 bits per heavy atom. The molecule has 3 heterocycles. The Balaban J connectivity index is 1.89. The van der Waals surface area contributed by atoms with Crippen LogP contribution in [0.15, 0.2) is 43.0 Å². The summed E-state index contributed by atoms with van der Waals surface area (Å²) in [6.45, 7) is -2.49. The molecule has 0 aliphatic heterocycles. The number of ether oxygens (including phenoxy) is 1. The summed E-state index contributed by atoms with van der Waals surface area (Å²) in [4.78, 5) is 32.1. The number of nitro benzene ring substituents is 1. The molecule has 14 heteroatoms. The first-order valence-electron chi connectivity index (χ1n) is 11.2. The average Bonchev–Trinajstić information content (AvgIpc) is 3.20. The van der Waals surface area contributed by atoms with E-state index in [1.807, 2.05) is 42.9 Å². The number of anilines is 3. The first-order chi connectivity index (χ1) is 17.7. The van der Waals surface area contributed by atoms with Gasteiger partial charge in [-0.1, -0.05) is 0 Å². The van der Waals surface area contributed by atoms with Crippen LogP contribution in [0.4, 0.5) is 31.8 Å². The Labute approximate surface area is 210 Å². The second-order valence-corrected chi connectivity index (χ2v) is 8.31. The first-order valence-corrected chi connectivity index (χ1v) is 11.2. The van der Waals surface area contributed by atoms with Crippen molar-refractivity contribution in [2.24, 2.45) is 7.05 Å². The molecule has 4 rings (SSSR count). The molecule has 4 aromatic rings. The van der Waals surface area contributed by atoms with Crippen molar-refractivity contribution >= 4 is 34.0 Å². The van der Waals surface area contributed by atoms with E-state index in [1.54, 1.807) is 12.3 Å². The number of aryl methyl sites for hydroxylation is 1. The standard InChI is InChI=1S/C23H25F2N9O3/c1-26-16-10-19(37-22(24)25)18(11-17(16)34(35)36)33(9-8-31(2)3)23-29-13-28-20(30-23)15-12-32(4)21-14(15)6-5-7-27-21/h5-7,10-13,22,26H,8-9H2,1-4H3. The van der Waals surface area contributed by atoms with Crippen LogP contribution in [-0.4, -0.2) is 75.2 Å². The summed E-state index contributed by atoms with van der Waals surface area (Å²) in [5.41, 5.74) is 1.15. The number of benzene rings is 1. The van der Waals surface area contributed by atoms with Crippen LogP contribution in [0.2, 0.25) is 0 Å². The number of hydrogen-bond acceptors (Lipinski definition) is 10. The summed E-state index contributed by atoms with van der Waals surface area (Å²) in [5.74, 6) is 0.175. The molecule has 0 radical (unpaired) electrons. The lowest BCUT2D eigenvalue weighted by Crippen LogP contribution is -2.30. The van der Waals surface area contributed by atoms with Crippen LogP contribution in [-0.2, 0) is 7.05 Å². The van der Waals surface area contributed by atoms with E-state index in [0.29, 0.717) is 17.9 Å². The average molecular weight is 514 g/mol. The van der Waals surface area contributed by atoms with E-state index in [2.05, 4.69) is 25.3 Å². The summed E-state index contributed by atoms with van der Waals surface area (Å²) in [6, 6.07) is 6.03. The molecular formula is C23H25F2N9O3. The fourth-order valence-corrected chi connectivity index (χ4v) is 3.88. The fourth-order valence-electron chi connectivity index (χ4n) is 3.88. The number of alkyl halides is 2. The zero-order chi connectivity index (χ0) is 26.7. The van der Waals surface area contributed by atoms with Gasteiger partial charge in [0.05, 0.1) is 10.6 Å². The Morgan fingerprint density at radius 1 is 1.22 bits per heavy atom. The molecule has 194 valence electrons. The van der Waals surface area contributed by atoms with Crippen molar-refractivity contribution in [2.45, 2.75) is 6.61 Å². The van der Waals surface area contributed by atoms with E-state index in [1.165, 1.54) is 30.4 Å². The maximum Gasteiger partial charge on any atom is 0.387 e. The molecule has 12 nitrogen and oxygen atoms in total.